The molecule has 2 rings (SSSR count). The van der Waals surface area contributed by atoms with E-state index in [1.54, 1.807) is 13.0 Å². The van der Waals surface area contributed by atoms with Gasteiger partial charge in [0.1, 0.15) is 5.69 Å². The molecular weight excluding hydrogens is 204 g/mol. The lowest BCUT2D eigenvalue weighted by molar-refractivity contribution is 0.0520. The van der Waals surface area contributed by atoms with Crippen molar-refractivity contribution in [2.24, 2.45) is 0 Å². The van der Waals surface area contributed by atoms with Gasteiger partial charge in [0.15, 0.2) is 0 Å². The van der Waals surface area contributed by atoms with Gasteiger partial charge in [-0.1, -0.05) is 12.1 Å². The van der Waals surface area contributed by atoms with Crippen molar-refractivity contribution in [1.82, 2.24) is 4.98 Å². The van der Waals surface area contributed by atoms with Gasteiger partial charge in [-0.25, -0.2) is 4.79 Å². The maximum Gasteiger partial charge on any atom is 0.354 e. The monoisotopic (exact) mass is 218 g/mol. The molecule has 0 saturated carbocycles. The molecular formula is C12H14N2O2. The fraction of sp³-hybridized carbons (Fsp3) is 0.250. The van der Waals surface area contributed by atoms with Gasteiger partial charge in [0.25, 0.3) is 0 Å². The van der Waals surface area contributed by atoms with Gasteiger partial charge < -0.3 is 15.5 Å². The molecule has 0 spiro atoms. The minimum Gasteiger partial charge on any atom is -0.461 e. The number of hydrogen-bond donors (Lipinski definition) is 2. The van der Waals surface area contributed by atoms with Crippen molar-refractivity contribution in [2.75, 3.05) is 12.3 Å². The Labute approximate surface area is 93.4 Å². The Bertz CT molecular complexity index is 543. The highest BCUT2D eigenvalue weighted by atomic mass is 16.5. The number of esters is 1. The Balaban J connectivity index is 2.52. The van der Waals surface area contributed by atoms with Crippen LogP contribution >= 0.6 is 0 Å². The lowest BCUT2D eigenvalue weighted by atomic mass is 10.1. The van der Waals surface area contributed by atoms with Crippen molar-refractivity contribution >= 4 is 22.6 Å². The zero-order valence-electron chi connectivity index (χ0n) is 9.33. The van der Waals surface area contributed by atoms with E-state index >= 15 is 0 Å². The van der Waals surface area contributed by atoms with E-state index in [1.165, 1.54) is 0 Å². The van der Waals surface area contributed by atoms with E-state index in [-0.39, 0.29) is 5.97 Å². The van der Waals surface area contributed by atoms with Crippen molar-refractivity contribution in [3.05, 3.63) is 29.5 Å². The molecule has 0 aliphatic heterocycles. The molecule has 0 amide bonds. The van der Waals surface area contributed by atoms with Gasteiger partial charge in [-0.15, -0.1) is 0 Å². The second-order valence-electron chi connectivity index (χ2n) is 3.66. The van der Waals surface area contributed by atoms with E-state index in [1.807, 2.05) is 19.1 Å². The Morgan fingerprint density at radius 1 is 1.50 bits per heavy atom. The number of ether oxygens (including phenoxy) is 1. The molecule has 1 heterocycles. The number of H-pyrrole nitrogens is 1. The molecule has 3 N–H and O–H groups in total. The molecule has 0 fully saturated rings. The van der Waals surface area contributed by atoms with Gasteiger partial charge in [0.05, 0.1) is 17.8 Å². The van der Waals surface area contributed by atoms with Gasteiger partial charge in [0, 0.05) is 5.39 Å². The summed E-state index contributed by atoms with van der Waals surface area (Å²) in [5.41, 5.74) is 8.82. The number of nitrogens with one attached hydrogen (secondary N) is 1. The van der Waals surface area contributed by atoms with Crippen LogP contribution in [-0.2, 0) is 4.74 Å². The highest BCUT2D eigenvalue weighted by Crippen LogP contribution is 2.24. The van der Waals surface area contributed by atoms with E-state index < -0.39 is 0 Å². The molecule has 0 saturated heterocycles. The first kappa shape index (κ1) is 10.5. The van der Waals surface area contributed by atoms with E-state index in [0.29, 0.717) is 18.0 Å². The number of nitrogen functional groups attached to an aromatic ring is 1. The maximum absolute atomic E-state index is 11.5. The predicted octanol–water partition coefficient (Wildman–Crippen LogP) is 2.24. The molecule has 0 aliphatic carbocycles. The van der Waals surface area contributed by atoms with Crippen molar-refractivity contribution in [1.29, 1.82) is 0 Å². The quantitative estimate of drug-likeness (QED) is 0.600. The van der Waals surface area contributed by atoms with Crippen molar-refractivity contribution in [2.45, 2.75) is 13.8 Å². The number of aryl methyl sites for hydroxylation is 1. The Morgan fingerprint density at radius 3 is 2.94 bits per heavy atom. The number of aromatic amines is 1. The summed E-state index contributed by atoms with van der Waals surface area (Å²) in [6, 6.07) is 5.61. The van der Waals surface area contributed by atoms with Gasteiger partial charge in [-0.2, -0.15) is 0 Å². The van der Waals surface area contributed by atoms with Crippen LogP contribution < -0.4 is 5.73 Å². The summed E-state index contributed by atoms with van der Waals surface area (Å²) >= 11 is 0. The molecule has 4 heteroatoms. The number of anilines is 1. The van der Waals surface area contributed by atoms with E-state index in [0.717, 1.165) is 16.5 Å². The lowest BCUT2D eigenvalue weighted by Crippen LogP contribution is -2.04. The minimum atomic E-state index is -0.351. The summed E-state index contributed by atoms with van der Waals surface area (Å²) in [7, 11) is 0. The third-order valence-electron chi connectivity index (χ3n) is 2.55. The number of rotatable bonds is 2. The fourth-order valence-electron chi connectivity index (χ4n) is 1.65. The Kier molecular flexibility index (Phi) is 2.56. The van der Waals surface area contributed by atoms with Gasteiger partial charge in [0.2, 0.25) is 0 Å². The van der Waals surface area contributed by atoms with Crippen LogP contribution in [0.15, 0.2) is 18.2 Å². The van der Waals surface area contributed by atoms with Crippen LogP contribution in [0, 0.1) is 6.92 Å². The number of fused-ring (bicyclic) bond motifs is 1. The molecule has 0 radical (unpaired) electrons. The van der Waals surface area contributed by atoms with Crippen LogP contribution in [0.5, 0.6) is 0 Å². The highest BCUT2D eigenvalue weighted by Gasteiger charge is 2.12. The summed E-state index contributed by atoms with van der Waals surface area (Å²) in [4.78, 5) is 14.5. The first-order chi connectivity index (χ1) is 7.63. The number of aromatic nitrogens is 1. The van der Waals surface area contributed by atoms with Gasteiger partial charge >= 0.3 is 5.97 Å². The Morgan fingerprint density at radius 2 is 2.25 bits per heavy atom. The van der Waals surface area contributed by atoms with Crippen LogP contribution in [0.3, 0.4) is 0 Å². The zero-order valence-corrected chi connectivity index (χ0v) is 9.33. The SMILES string of the molecule is CCOC(=O)c1cc2ccc(C)c(N)c2[nH]1. The normalized spacial score (nSPS) is 10.6. The predicted molar refractivity (Wildman–Crippen MR) is 63.4 cm³/mol. The largest absolute Gasteiger partial charge is 0.461 e. The minimum absolute atomic E-state index is 0.351. The Hall–Kier alpha value is -1.97. The van der Waals surface area contributed by atoms with Crippen LogP contribution in [0.2, 0.25) is 0 Å². The standard InChI is InChI=1S/C12H14N2O2/c1-3-16-12(15)9-6-8-5-4-7(2)10(13)11(8)14-9/h4-6,14H,3,13H2,1-2H3. The number of hydrogen-bond acceptors (Lipinski definition) is 3. The van der Waals surface area contributed by atoms with Crippen LogP contribution in [0.25, 0.3) is 10.9 Å². The van der Waals surface area contributed by atoms with Gasteiger partial charge in [-0.3, -0.25) is 0 Å². The maximum atomic E-state index is 11.5. The molecule has 1 aromatic heterocycles. The summed E-state index contributed by atoms with van der Waals surface area (Å²) in [5, 5.41) is 0.922. The summed E-state index contributed by atoms with van der Waals surface area (Å²) < 4.78 is 4.92. The highest BCUT2D eigenvalue weighted by molar-refractivity contribution is 5.99. The summed E-state index contributed by atoms with van der Waals surface area (Å²) in [6.45, 7) is 4.07. The number of nitrogens with two attached hydrogens (primary N) is 1. The van der Waals surface area contributed by atoms with E-state index in [4.69, 9.17) is 10.5 Å². The first-order valence-electron chi connectivity index (χ1n) is 5.18. The smallest absolute Gasteiger partial charge is 0.354 e. The molecule has 0 aliphatic rings. The molecule has 84 valence electrons. The van der Waals surface area contributed by atoms with Gasteiger partial charge in [-0.05, 0) is 25.5 Å². The average Bonchev–Trinajstić information content (AvgIpc) is 2.69. The molecule has 2 aromatic rings. The average molecular weight is 218 g/mol. The van der Waals surface area contributed by atoms with Crippen LogP contribution in [0.1, 0.15) is 23.0 Å². The van der Waals surface area contributed by atoms with E-state index in [2.05, 4.69) is 4.98 Å². The third kappa shape index (κ3) is 1.62. The molecule has 16 heavy (non-hydrogen) atoms. The number of carbonyl (C=O) groups excluding carboxylic acids is 1. The fourth-order valence-corrected chi connectivity index (χ4v) is 1.65. The zero-order chi connectivity index (χ0) is 11.7. The molecule has 0 bridgehead atoms. The first-order valence-corrected chi connectivity index (χ1v) is 5.18. The third-order valence-corrected chi connectivity index (χ3v) is 2.55. The van der Waals surface area contributed by atoms with E-state index in [9.17, 15) is 4.79 Å². The van der Waals surface area contributed by atoms with Crippen molar-refractivity contribution in [3.8, 4) is 0 Å². The lowest BCUT2D eigenvalue weighted by Gasteiger charge is -2.00. The number of carbonyl (C=O) groups is 1. The molecule has 0 atom stereocenters. The molecule has 1 aromatic carbocycles. The molecule has 4 nitrogen and oxygen atoms in total. The summed E-state index contributed by atoms with van der Waals surface area (Å²) in [6.07, 6.45) is 0. The van der Waals surface area contributed by atoms with Crippen molar-refractivity contribution in [3.63, 3.8) is 0 Å². The van der Waals surface area contributed by atoms with Crippen molar-refractivity contribution < 1.29 is 9.53 Å². The van der Waals surface area contributed by atoms with Crippen LogP contribution in [-0.4, -0.2) is 17.6 Å². The topological polar surface area (TPSA) is 68.1 Å². The van der Waals surface area contributed by atoms with Crippen LogP contribution in [0.4, 0.5) is 5.69 Å². The second-order valence-corrected chi connectivity index (χ2v) is 3.66. The number of benzene rings is 1. The second kappa shape index (κ2) is 3.89. The molecule has 0 unspecified atom stereocenters. The summed E-state index contributed by atoms with van der Waals surface area (Å²) in [5.74, 6) is -0.351.